The van der Waals surface area contributed by atoms with Crippen LogP contribution in [0.5, 0.6) is 0 Å². The Morgan fingerprint density at radius 2 is 1.73 bits per heavy atom. The Morgan fingerprint density at radius 1 is 1.03 bits per heavy atom. The number of benzene rings is 3. The molecule has 0 bridgehead atoms. The molecule has 4 aromatic rings. The summed E-state index contributed by atoms with van der Waals surface area (Å²) in [6, 6.07) is 20.3. The third-order valence-electron chi connectivity index (χ3n) is 5.09. The van der Waals surface area contributed by atoms with E-state index in [1.54, 1.807) is 4.68 Å². The standard InChI is InChI=1S/C23H23N5OS/c1-15-8-6-9-16(2)22(15)28-23(25-26-27-28)30-14-21(29)24-17(3)19-13-7-11-18-10-4-5-12-20(18)19/h4-13,17H,14H2,1-3H3,(H,24,29)/t17-/m0/s1. The van der Waals surface area contributed by atoms with Gasteiger partial charge in [0.1, 0.15) is 0 Å². The van der Waals surface area contributed by atoms with E-state index in [0.717, 1.165) is 27.8 Å². The Morgan fingerprint density at radius 3 is 2.53 bits per heavy atom. The average Bonchev–Trinajstić information content (AvgIpc) is 3.20. The summed E-state index contributed by atoms with van der Waals surface area (Å²) in [5.41, 5.74) is 4.22. The molecule has 3 aromatic carbocycles. The number of hydrogen-bond acceptors (Lipinski definition) is 5. The molecule has 0 fully saturated rings. The Labute approximate surface area is 179 Å². The minimum absolute atomic E-state index is 0.0588. The Bertz CT molecular complexity index is 1180. The minimum atomic E-state index is -0.0983. The van der Waals surface area contributed by atoms with E-state index in [0.29, 0.717) is 5.16 Å². The summed E-state index contributed by atoms with van der Waals surface area (Å²) in [6.45, 7) is 6.05. The van der Waals surface area contributed by atoms with Crippen molar-refractivity contribution in [1.29, 1.82) is 0 Å². The number of fused-ring (bicyclic) bond motifs is 1. The number of amides is 1. The van der Waals surface area contributed by atoms with Gasteiger partial charge in [-0.2, -0.15) is 4.68 Å². The van der Waals surface area contributed by atoms with E-state index in [4.69, 9.17) is 0 Å². The summed E-state index contributed by atoms with van der Waals surface area (Å²) in [5, 5.41) is 18.1. The van der Waals surface area contributed by atoms with Gasteiger partial charge in [-0.15, -0.1) is 5.10 Å². The summed E-state index contributed by atoms with van der Waals surface area (Å²) in [5.74, 6) is 0.178. The molecule has 1 N–H and O–H groups in total. The van der Waals surface area contributed by atoms with Gasteiger partial charge in [-0.25, -0.2) is 0 Å². The minimum Gasteiger partial charge on any atom is -0.349 e. The first-order valence-electron chi connectivity index (χ1n) is 9.79. The van der Waals surface area contributed by atoms with E-state index >= 15 is 0 Å². The molecule has 1 amide bonds. The van der Waals surface area contributed by atoms with Gasteiger partial charge < -0.3 is 5.32 Å². The molecule has 1 atom stereocenters. The highest BCUT2D eigenvalue weighted by Crippen LogP contribution is 2.25. The first-order chi connectivity index (χ1) is 14.5. The van der Waals surface area contributed by atoms with Gasteiger partial charge in [0.2, 0.25) is 11.1 Å². The van der Waals surface area contributed by atoms with Crippen molar-refractivity contribution in [3.63, 3.8) is 0 Å². The highest BCUT2D eigenvalue weighted by molar-refractivity contribution is 7.99. The average molecular weight is 418 g/mol. The number of tetrazole rings is 1. The van der Waals surface area contributed by atoms with E-state index < -0.39 is 0 Å². The first kappa shape index (κ1) is 20.1. The molecule has 6 nitrogen and oxygen atoms in total. The van der Waals surface area contributed by atoms with Gasteiger partial charge in [0.05, 0.1) is 17.5 Å². The highest BCUT2D eigenvalue weighted by Gasteiger charge is 2.16. The van der Waals surface area contributed by atoms with Crippen LogP contribution in [0.4, 0.5) is 0 Å². The van der Waals surface area contributed by atoms with Crippen LogP contribution in [-0.4, -0.2) is 31.9 Å². The van der Waals surface area contributed by atoms with Gasteiger partial charge in [-0.1, -0.05) is 72.4 Å². The Kier molecular flexibility index (Phi) is 5.81. The number of nitrogens with zero attached hydrogens (tertiary/aromatic N) is 4. The van der Waals surface area contributed by atoms with Gasteiger partial charge in [0.25, 0.3) is 0 Å². The molecular formula is C23H23N5OS. The first-order valence-corrected chi connectivity index (χ1v) is 10.8. The summed E-state index contributed by atoms with van der Waals surface area (Å²) >= 11 is 1.33. The van der Waals surface area contributed by atoms with Crippen molar-refractivity contribution in [2.75, 3.05) is 5.75 Å². The lowest BCUT2D eigenvalue weighted by Crippen LogP contribution is -2.28. The van der Waals surface area contributed by atoms with Crippen LogP contribution in [0.2, 0.25) is 0 Å². The van der Waals surface area contributed by atoms with Crippen LogP contribution >= 0.6 is 11.8 Å². The number of para-hydroxylation sites is 1. The van der Waals surface area contributed by atoms with Gasteiger partial charge in [0.15, 0.2) is 0 Å². The number of aryl methyl sites for hydroxylation is 2. The smallest absolute Gasteiger partial charge is 0.230 e. The molecule has 0 saturated carbocycles. The van der Waals surface area contributed by atoms with Crippen molar-refractivity contribution in [3.05, 3.63) is 77.4 Å². The molecule has 30 heavy (non-hydrogen) atoms. The van der Waals surface area contributed by atoms with Crippen molar-refractivity contribution in [3.8, 4) is 5.69 Å². The van der Waals surface area contributed by atoms with Gasteiger partial charge in [-0.3, -0.25) is 4.79 Å². The van der Waals surface area contributed by atoms with Crippen molar-refractivity contribution in [1.82, 2.24) is 25.5 Å². The monoisotopic (exact) mass is 417 g/mol. The maximum atomic E-state index is 12.6. The van der Waals surface area contributed by atoms with Crippen LogP contribution in [0.15, 0.2) is 65.8 Å². The number of hydrogen-bond donors (Lipinski definition) is 1. The molecule has 7 heteroatoms. The molecule has 1 aromatic heterocycles. The predicted molar refractivity (Wildman–Crippen MR) is 120 cm³/mol. The fraction of sp³-hybridized carbons (Fsp3) is 0.217. The van der Waals surface area contributed by atoms with Crippen LogP contribution in [0.3, 0.4) is 0 Å². The number of thioether (sulfide) groups is 1. The van der Waals surface area contributed by atoms with Crippen LogP contribution in [0.1, 0.15) is 29.7 Å². The summed E-state index contributed by atoms with van der Waals surface area (Å²) < 4.78 is 1.71. The zero-order valence-corrected chi connectivity index (χ0v) is 18.0. The molecule has 0 unspecified atom stereocenters. The van der Waals surface area contributed by atoms with Gasteiger partial charge in [-0.05, 0) is 58.7 Å². The molecule has 4 rings (SSSR count). The van der Waals surface area contributed by atoms with Crippen LogP contribution < -0.4 is 5.32 Å². The molecule has 0 aliphatic rings. The molecule has 152 valence electrons. The Balaban J connectivity index is 1.46. The third-order valence-corrected chi connectivity index (χ3v) is 6.01. The topological polar surface area (TPSA) is 72.7 Å². The molecule has 0 aliphatic carbocycles. The number of nitrogens with one attached hydrogen (secondary N) is 1. The summed E-state index contributed by atoms with van der Waals surface area (Å²) in [4.78, 5) is 12.6. The molecular weight excluding hydrogens is 394 g/mol. The van der Waals surface area contributed by atoms with E-state index in [1.807, 2.05) is 57.2 Å². The quantitative estimate of drug-likeness (QED) is 0.471. The lowest BCUT2D eigenvalue weighted by molar-refractivity contribution is -0.119. The maximum Gasteiger partial charge on any atom is 0.230 e. The summed E-state index contributed by atoms with van der Waals surface area (Å²) in [6.07, 6.45) is 0. The zero-order chi connectivity index (χ0) is 21.1. The molecule has 0 aliphatic heterocycles. The van der Waals surface area contributed by atoms with Crippen molar-refractivity contribution in [2.45, 2.75) is 32.0 Å². The lowest BCUT2D eigenvalue weighted by Gasteiger charge is -2.16. The van der Waals surface area contributed by atoms with Gasteiger partial charge in [0, 0.05) is 0 Å². The largest absolute Gasteiger partial charge is 0.349 e. The second-order valence-electron chi connectivity index (χ2n) is 7.26. The van der Waals surface area contributed by atoms with Crippen molar-refractivity contribution < 1.29 is 4.79 Å². The molecule has 0 spiro atoms. The van der Waals surface area contributed by atoms with Crippen LogP contribution in [0, 0.1) is 13.8 Å². The van der Waals surface area contributed by atoms with Crippen LogP contribution in [-0.2, 0) is 4.79 Å². The lowest BCUT2D eigenvalue weighted by atomic mass is 10.00. The molecule has 0 saturated heterocycles. The highest BCUT2D eigenvalue weighted by atomic mass is 32.2. The van der Waals surface area contributed by atoms with E-state index in [1.165, 1.54) is 17.1 Å². The SMILES string of the molecule is Cc1cccc(C)c1-n1nnnc1SCC(=O)N[C@@H](C)c1cccc2ccccc12. The predicted octanol–water partition coefficient (Wildman–Crippen LogP) is 4.40. The van der Waals surface area contributed by atoms with Gasteiger partial charge >= 0.3 is 0 Å². The van der Waals surface area contributed by atoms with Crippen molar-refractivity contribution >= 4 is 28.4 Å². The number of rotatable bonds is 6. The second-order valence-corrected chi connectivity index (χ2v) is 8.20. The van der Waals surface area contributed by atoms with E-state index in [-0.39, 0.29) is 17.7 Å². The zero-order valence-electron chi connectivity index (χ0n) is 17.2. The number of aromatic nitrogens is 4. The van der Waals surface area contributed by atoms with Crippen molar-refractivity contribution in [2.24, 2.45) is 0 Å². The molecule has 1 heterocycles. The Hall–Kier alpha value is -3.19. The fourth-order valence-electron chi connectivity index (χ4n) is 3.67. The maximum absolute atomic E-state index is 12.6. The second kappa shape index (κ2) is 8.67. The van der Waals surface area contributed by atoms with E-state index in [9.17, 15) is 4.79 Å². The summed E-state index contributed by atoms with van der Waals surface area (Å²) in [7, 11) is 0. The van der Waals surface area contributed by atoms with E-state index in [2.05, 4.69) is 45.1 Å². The molecule has 0 radical (unpaired) electrons. The number of carbonyl (C=O) groups is 1. The third kappa shape index (κ3) is 4.07. The normalized spacial score (nSPS) is 12.1. The number of carbonyl (C=O) groups excluding carboxylic acids is 1. The van der Waals surface area contributed by atoms with Crippen LogP contribution in [0.25, 0.3) is 16.5 Å². The fourth-order valence-corrected chi connectivity index (χ4v) is 4.36.